The van der Waals surface area contributed by atoms with E-state index in [2.05, 4.69) is 5.32 Å². The Balaban J connectivity index is 2.24. The van der Waals surface area contributed by atoms with Gasteiger partial charge in [-0.3, -0.25) is 9.59 Å². The molecule has 0 aromatic carbocycles. The van der Waals surface area contributed by atoms with Crippen molar-refractivity contribution in [2.45, 2.75) is 32.1 Å². The summed E-state index contributed by atoms with van der Waals surface area (Å²) in [5.74, 6) is 0.0599. The first-order valence-corrected chi connectivity index (χ1v) is 6.96. The van der Waals surface area contributed by atoms with Gasteiger partial charge in [0.15, 0.2) is 0 Å². The largest absolute Gasteiger partial charge is 0.396 e. The number of carbonyl (C=O) groups is 2. The van der Waals surface area contributed by atoms with Gasteiger partial charge in [0.2, 0.25) is 11.8 Å². The Hall–Kier alpha value is -1.14. The molecule has 6 heteroatoms. The van der Waals surface area contributed by atoms with Gasteiger partial charge in [-0.15, -0.1) is 0 Å². The first-order chi connectivity index (χ1) is 9.19. The van der Waals surface area contributed by atoms with Gasteiger partial charge in [-0.05, 0) is 25.7 Å². The highest BCUT2D eigenvalue weighted by Gasteiger charge is 2.26. The van der Waals surface area contributed by atoms with Crippen molar-refractivity contribution in [2.75, 3.05) is 32.8 Å². The summed E-state index contributed by atoms with van der Waals surface area (Å²) in [4.78, 5) is 25.3. The van der Waals surface area contributed by atoms with E-state index in [9.17, 15) is 9.59 Å². The van der Waals surface area contributed by atoms with Gasteiger partial charge < -0.3 is 20.4 Å². The molecule has 2 amide bonds. The van der Waals surface area contributed by atoms with Gasteiger partial charge in [0.05, 0.1) is 0 Å². The maximum atomic E-state index is 11.8. The summed E-state index contributed by atoms with van der Waals surface area (Å²) in [6.07, 6.45) is 2.83. The molecule has 0 bridgehead atoms. The number of rotatable bonds is 7. The van der Waals surface area contributed by atoms with Crippen molar-refractivity contribution in [3.8, 4) is 0 Å². The van der Waals surface area contributed by atoms with Crippen LogP contribution in [0, 0.1) is 5.92 Å². The van der Waals surface area contributed by atoms with Gasteiger partial charge >= 0.3 is 0 Å². The molecule has 0 aliphatic carbocycles. The van der Waals surface area contributed by atoms with E-state index in [4.69, 9.17) is 10.2 Å². The van der Waals surface area contributed by atoms with Crippen molar-refractivity contribution in [3.63, 3.8) is 0 Å². The van der Waals surface area contributed by atoms with Crippen LogP contribution in [0.5, 0.6) is 0 Å². The van der Waals surface area contributed by atoms with Crippen molar-refractivity contribution in [1.82, 2.24) is 10.2 Å². The van der Waals surface area contributed by atoms with Gasteiger partial charge in [-0.25, -0.2) is 0 Å². The van der Waals surface area contributed by atoms with Gasteiger partial charge in [0.1, 0.15) is 0 Å². The van der Waals surface area contributed by atoms with Crippen LogP contribution < -0.4 is 5.32 Å². The summed E-state index contributed by atoms with van der Waals surface area (Å²) in [7, 11) is 0. The fourth-order valence-electron chi connectivity index (χ4n) is 2.21. The fraction of sp³-hybridized carbons (Fsp3) is 0.846. The van der Waals surface area contributed by atoms with Crippen LogP contribution in [-0.2, 0) is 9.59 Å². The van der Waals surface area contributed by atoms with Gasteiger partial charge in [-0.2, -0.15) is 0 Å². The molecule has 0 spiro atoms. The van der Waals surface area contributed by atoms with E-state index in [1.807, 2.05) is 0 Å². The van der Waals surface area contributed by atoms with Gasteiger partial charge in [0, 0.05) is 45.2 Å². The fourth-order valence-corrected chi connectivity index (χ4v) is 2.21. The Kier molecular flexibility index (Phi) is 7.43. The molecule has 3 N–H and O–H groups in total. The standard InChI is InChI=1S/C13H24N2O4/c16-9-1-3-12(18)15-7-4-11(5-8-15)13(19)14-6-2-10-17/h11,16-17H,1-10H2,(H,14,19). The molecule has 0 unspecified atom stereocenters. The van der Waals surface area contributed by atoms with Crippen LogP contribution in [0.1, 0.15) is 32.1 Å². The zero-order valence-corrected chi connectivity index (χ0v) is 11.3. The second kappa shape index (κ2) is 8.87. The summed E-state index contributed by atoms with van der Waals surface area (Å²) >= 11 is 0. The van der Waals surface area contributed by atoms with Crippen molar-refractivity contribution >= 4 is 11.8 Å². The molecular weight excluding hydrogens is 248 g/mol. The second-order valence-corrected chi connectivity index (χ2v) is 4.85. The minimum absolute atomic E-state index is 0.0240. The zero-order chi connectivity index (χ0) is 14.1. The average molecular weight is 272 g/mol. The summed E-state index contributed by atoms with van der Waals surface area (Å²) in [5, 5.41) is 20.1. The number of aliphatic hydroxyl groups excluding tert-OH is 2. The molecule has 6 nitrogen and oxygen atoms in total. The summed E-state index contributed by atoms with van der Waals surface area (Å²) in [5.41, 5.74) is 0. The SMILES string of the molecule is O=C(NCCCO)C1CCN(C(=O)CCCO)CC1. The molecule has 1 heterocycles. The molecule has 0 aromatic rings. The number of aliphatic hydroxyl groups is 2. The smallest absolute Gasteiger partial charge is 0.223 e. The Morgan fingerprint density at radius 1 is 1.11 bits per heavy atom. The summed E-state index contributed by atoms with van der Waals surface area (Å²) in [6.45, 7) is 1.85. The number of nitrogens with one attached hydrogen (secondary N) is 1. The maximum Gasteiger partial charge on any atom is 0.223 e. The monoisotopic (exact) mass is 272 g/mol. The van der Waals surface area contributed by atoms with Crippen molar-refractivity contribution in [1.29, 1.82) is 0 Å². The third kappa shape index (κ3) is 5.57. The molecule has 1 aliphatic heterocycles. The highest BCUT2D eigenvalue weighted by molar-refractivity contribution is 5.80. The highest BCUT2D eigenvalue weighted by Crippen LogP contribution is 2.18. The quantitative estimate of drug-likeness (QED) is 0.545. The Labute approximate surface area is 113 Å². The van der Waals surface area contributed by atoms with E-state index >= 15 is 0 Å². The Morgan fingerprint density at radius 3 is 2.32 bits per heavy atom. The highest BCUT2D eigenvalue weighted by atomic mass is 16.3. The van der Waals surface area contributed by atoms with Crippen LogP contribution in [0.25, 0.3) is 0 Å². The van der Waals surface area contributed by atoms with E-state index in [1.165, 1.54) is 0 Å². The number of hydrogen-bond donors (Lipinski definition) is 3. The normalized spacial score (nSPS) is 16.4. The summed E-state index contributed by atoms with van der Waals surface area (Å²) < 4.78 is 0. The van der Waals surface area contributed by atoms with Crippen molar-refractivity contribution in [2.24, 2.45) is 5.92 Å². The third-order valence-electron chi connectivity index (χ3n) is 3.40. The van der Waals surface area contributed by atoms with Crippen molar-refractivity contribution < 1.29 is 19.8 Å². The van der Waals surface area contributed by atoms with E-state index in [0.717, 1.165) is 0 Å². The molecule has 110 valence electrons. The first kappa shape index (κ1) is 15.9. The number of piperidine rings is 1. The van der Waals surface area contributed by atoms with E-state index in [-0.39, 0.29) is 30.9 Å². The minimum Gasteiger partial charge on any atom is -0.396 e. The molecular formula is C13H24N2O4. The lowest BCUT2D eigenvalue weighted by Gasteiger charge is -2.31. The van der Waals surface area contributed by atoms with E-state index in [1.54, 1.807) is 4.90 Å². The topological polar surface area (TPSA) is 89.9 Å². The van der Waals surface area contributed by atoms with Gasteiger partial charge in [0.25, 0.3) is 0 Å². The van der Waals surface area contributed by atoms with Crippen molar-refractivity contribution in [3.05, 3.63) is 0 Å². The minimum atomic E-state index is -0.0272. The molecule has 19 heavy (non-hydrogen) atoms. The lowest BCUT2D eigenvalue weighted by Crippen LogP contribution is -2.43. The number of carbonyl (C=O) groups excluding carboxylic acids is 2. The van der Waals surface area contributed by atoms with Crippen LogP contribution >= 0.6 is 0 Å². The molecule has 1 aliphatic rings. The van der Waals surface area contributed by atoms with Gasteiger partial charge in [-0.1, -0.05) is 0 Å². The number of hydrogen-bond acceptors (Lipinski definition) is 4. The molecule has 0 atom stereocenters. The Morgan fingerprint density at radius 2 is 1.74 bits per heavy atom. The molecule has 0 saturated carbocycles. The molecule has 1 rings (SSSR count). The maximum absolute atomic E-state index is 11.8. The predicted molar refractivity (Wildman–Crippen MR) is 70.3 cm³/mol. The first-order valence-electron chi connectivity index (χ1n) is 6.96. The summed E-state index contributed by atoms with van der Waals surface area (Å²) in [6, 6.07) is 0. The number of likely N-dealkylation sites (tertiary alicyclic amines) is 1. The molecule has 0 aromatic heterocycles. The molecule has 0 radical (unpaired) electrons. The van der Waals surface area contributed by atoms with Crippen LogP contribution in [0.2, 0.25) is 0 Å². The van der Waals surface area contributed by atoms with Crippen LogP contribution in [0.15, 0.2) is 0 Å². The zero-order valence-electron chi connectivity index (χ0n) is 11.3. The van der Waals surface area contributed by atoms with Crippen LogP contribution in [0.4, 0.5) is 0 Å². The Bertz CT molecular complexity index is 288. The lowest BCUT2D eigenvalue weighted by molar-refractivity contribution is -0.135. The van der Waals surface area contributed by atoms with Crippen LogP contribution in [0.3, 0.4) is 0 Å². The number of amides is 2. The lowest BCUT2D eigenvalue weighted by atomic mass is 9.95. The van der Waals surface area contributed by atoms with Crippen LogP contribution in [-0.4, -0.2) is 59.8 Å². The molecule has 1 saturated heterocycles. The van der Waals surface area contributed by atoms with E-state index < -0.39 is 0 Å². The second-order valence-electron chi connectivity index (χ2n) is 4.85. The third-order valence-corrected chi connectivity index (χ3v) is 3.40. The molecule has 1 fully saturated rings. The average Bonchev–Trinajstić information content (AvgIpc) is 2.45. The number of nitrogens with zero attached hydrogens (tertiary/aromatic N) is 1. The predicted octanol–water partition coefficient (Wildman–Crippen LogP) is -0.504. The van der Waals surface area contributed by atoms with E-state index in [0.29, 0.717) is 51.7 Å².